The molecule has 106 valence electrons. The SMILES string of the molecule is [2H]C([2H])([2H])N(C([2H])([2H])[2H])C([2H])([2H])C([2H])([2H])OC(c1ccccc1)c1ccccc1C. The maximum Gasteiger partial charge on any atom is 0.108 e. The molecular weight excluding hydrogens is 246 g/mol. The van der Waals surface area contributed by atoms with Crippen molar-refractivity contribution in [3.8, 4) is 0 Å². The average molecular weight is 279 g/mol. The van der Waals surface area contributed by atoms with E-state index in [-0.39, 0.29) is 0 Å². The average Bonchev–Trinajstić information content (AvgIpc) is 2.58. The molecule has 2 rings (SSSR count). The highest BCUT2D eigenvalue weighted by Crippen LogP contribution is 2.28. The maximum absolute atomic E-state index is 8.25. The summed E-state index contributed by atoms with van der Waals surface area (Å²) in [6.45, 7) is -11.9. The largest absolute Gasteiger partial charge is 0.367 e. The van der Waals surface area contributed by atoms with Crippen molar-refractivity contribution in [2.45, 2.75) is 13.0 Å². The summed E-state index contributed by atoms with van der Waals surface area (Å²) < 4.78 is 83.1. The van der Waals surface area contributed by atoms with Crippen molar-refractivity contribution < 1.29 is 18.4 Å². The lowest BCUT2D eigenvalue weighted by atomic mass is 9.97. The van der Waals surface area contributed by atoms with Crippen LogP contribution in [-0.4, -0.2) is 31.9 Å². The Labute approximate surface area is 136 Å². The van der Waals surface area contributed by atoms with Gasteiger partial charge >= 0.3 is 0 Å². The Morgan fingerprint density at radius 1 is 1.10 bits per heavy atom. The molecule has 0 saturated carbocycles. The van der Waals surface area contributed by atoms with Gasteiger partial charge in [-0.1, -0.05) is 54.6 Å². The molecule has 0 aliphatic heterocycles. The molecule has 2 nitrogen and oxygen atoms in total. The molecule has 2 heteroatoms. The molecule has 0 fully saturated rings. The molecule has 0 aliphatic carbocycles. The molecule has 0 N–H and O–H groups in total. The van der Waals surface area contributed by atoms with Crippen molar-refractivity contribution in [3.05, 3.63) is 71.3 Å². The zero-order chi connectivity index (χ0) is 23.0. The van der Waals surface area contributed by atoms with Gasteiger partial charge < -0.3 is 9.64 Å². The number of benzene rings is 2. The number of hydrogen-bond donors (Lipinski definition) is 0. The smallest absolute Gasteiger partial charge is 0.108 e. The summed E-state index contributed by atoms with van der Waals surface area (Å²) >= 11 is 0. The number of hydrogen-bond acceptors (Lipinski definition) is 2. The Balaban J connectivity index is 2.56. The van der Waals surface area contributed by atoms with Crippen LogP contribution in [0.25, 0.3) is 0 Å². The van der Waals surface area contributed by atoms with Crippen LogP contribution in [0.3, 0.4) is 0 Å². The highest BCUT2D eigenvalue weighted by atomic mass is 16.5. The van der Waals surface area contributed by atoms with Crippen molar-refractivity contribution in [2.75, 3.05) is 27.0 Å². The van der Waals surface area contributed by atoms with Gasteiger partial charge in [0.15, 0.2) is 0 Å². The third kappa shape index (κ3) is 3.92. The van der Waals surface area contributed by atoms with E-state index in [0.29, 0.717) is 11.1 Å². The van der Waals surface area contributed by atoms with Crippen LogP contribution in [0.2, 0.25) is 0 Å². The van der Waals surface area contributed by atoms with E-state index in [1.807, 2.05) is 0 Å². The molecule has 20 heavy (non-hydrogen) atoms. The zero-order valence-electron chi connectivity index (χ0n) is 21.1. The number of ether oxygens (including phenoxy) is 1. The third-order valence-corrected chi connectivity index (χ3v) is 2.91. The molecule has 1 unspecified atom stereocenters. The topological polar surface area (TPSA) is 12.5 Å². The third-order valence-electron chi connectivity index (χ3n) is 2.91. The van der Waals surface area contributed by atoms with Crippen molar-refractivity contribution in [2.24, 2.45) is 0 Å². The zero-order valence-corrected chi connectivity index (χ0v) is 11.1. The normalized spacial score (nSPS) is 22.7. The van der Waals surface area contributed by atoms with E-state index in [1.165, 1.54) is 0 Å². The Hall–Kier alpha value is -1.64. The number of rotatable bonds is 6. The van der Waals surface area contributed by atoms with Crippen LogP contribution in [0.5, 0.6) is 0 Å². The fraction of sp³-hybridized carbons (Fsp3) is 0.333. The first-order valence-corrected chi connectivity index (χ1v) is 6.18. The molecule has 2 aromatic rings. The molecule has 0 radical (unpaired) electrons. The predicted molar refractivity (Wildman–Crippen MR) is 84.0 cm³/mol. The van der Waals surface area contributed by atoms with E-state index in [4.69, 9.17) is 18.4 Å². The van der Waals surface area contributed by atoms with Gasteiger partial charge in [0.05, 0.1) is 9.30 Å². The highest BCUT2D eigenvalue weighted by Gasteiger charge is 2.16. The minimum Gasteiger partial charge on any atom is -0.367 e. The first-order valence-electron chi connectivity index (χ1n) is 11.2. The summed E-state index contributed by atoms with van der Waals surface area (Å²) in [5.41, 5.74) is 1.78. The molecule has 0 spiro atoms. The molecule has 0 aromatic heterocycles. The fourth-order valence-corrected chi connectivity index (χ4v) is 1.95. The second-order valence-electron chi connectivity index (χ2n) is 4.31. The first kappa shape index (κ1) is 6.42. The Morgan fingerprint density at radius 3 is 2.50 bits per heavy atom. The van der Waals surface area contributed by atoms with E-state index in [1.54, 1.807) is 61.5 Å². The highest BCUT2D eigenvalue weighted by molar-refractivity contribution is 5.35. The summed E-state index contributed by atoms with van der Waals surface area (Å²) in [4.78, 5) is -0.438. The molecule has 0 aliphatic rings. The van der Waals surface area contributed by atoms with E-state index >= 15 is 0 Å². The second kappa shape index (κ2) is 7.22. The monoisotopic (exact) mass is 279 g/mol. The van der Waals surface area contributed by atoms with Crippen LogP contribution in [0.15, 0.2) is 54.6 Å². The Kier molecular flexibility index (Phi) is 2.32. The van der Waals surface area contributed by atoms with Gasteiger partial charge in [-0.2, -0.15) is 0 Å². The fourth-order valence-electron chi connectivity index (χ4n) is 1.95. The lowest BCUT2D eigenvalue weighted by Crippen LogP contribution is -2.20. The van der Waals surface area contributed by atoms with Gasteiger partial charge in [0.25, 0.3) is 0 Å². The second-order valence-corrected chi connectivity index (χ2v) is 4.31. The van der Waals surface area contributed by atoms with Gasteiger partial charge in [0, 0.05) is 17.5 Å². The van der Waals surface area contributed by atoms with Crippen LogP contribution < -0.4 is 0 Å². The van der Waals surface area contributed by atoms with Crippen molar-refractivity contribution in [1.82, 2.24) is 4.90 Å². The summed E-state index contributed by atoms with van der Waals surface area (Å²) in [6.07, 6.45) is -1.10. The minimum atomic E-state index is -3.51. The molecule has 0 saturated heterocycles. The Morgan fingerprint density at radius 2 is 1.80 bits per heavy atom. The van der Waals surface area contributed by atoms with Crippen LogP contribution in [0.4, 0.5) is 0 Å². The lowest BCUT2D eigenvalue weighted by Gasteiger charge is -2.22. The van der Waals surface area contributed by atoms with Gasteiger partial charge in [0.2, 0.25) is 0 Å². The van der Waals surface area contributed by atoms with Crippen LogP contribution in [-0.2, 0) is 4.74 Å². The first-order chi connectivity index (χ1) is 13.6. The van der Waals surface area contributed by atoms with Gasteiger partial charge in [-0.3, -0.25) is 0 Å². The van der Waals surface area contributed by atoms with E-state index in [9.17, 15) is 0 Å². The van der Waals surface area contributed by atoms with Crippen molar-refractivity contribution in [3.63, 3.8) is 0 Å². The van der Waals surface area contributed by atoms with Crippen LogP contribution >= 0.6 is 0 Å². The standard InChI is InChI=1S/C18H23NO/c1-15-9-7-8-12-17(15)18(20-14-13-19(2)3)16-10-5-4-6-11-16/h4-12,18H,13-14H2,1-3H3/i2D3,3D3,13D2,14D2. The van der Waals surface area contributed by atoms with Crippen LogP contribution in [0.1, 0.15) is 36.5 Å². The maximum atomic E-state index is 8.25. The van der Waals surface area contributed by atoms with E-state index in [2.05, 4.69) is 0 Å². The van der Waals surface area contributed by atoms with Crippen LogP contribution in [0, 0.1) is 6.92 Å². The lowest BCUT2D eigenvalue weighted by molar-refractivity contribution is 0.0683. The molecule has 0 bridgehead atoms. The predicted octanol–water partition coefficient (Wildman–Crippen LogP) is 3.66. The van der Waals surface area contributed by atoms with E-state index in [0.717, 1.165) is 5.56 Å². The number of aryl methyl sites for hydroxylation is 1. The summed E-state index contributed by atoms with van der Waals surface area (Å²) in [5, 5.41) is 0. The number of nitrogens with zero attached hydrogens (tertiary/aromatic N) is 1. The van der Waals surface area contributed by atoms with Gasteiger partial charge in [-0.25, -0.2) is 0 Å². The Bertz CT molecular complexity index is 834. The van der Waals surface area contributed by atoms with Gasteiger partial charge in [0.1, 0.15) is 6.10 Å². The summed E-state index contributed by atoms with van der Waals surface area (Å²) in [5.74, 6) is 0. The van der Waals surface area contributed by atoms with E-state index < -0.39 is 38.0 Å². The molecular formula is C18H23NO. The summed E-state index contributed by atoms with van der Waals surface area (Å²) in [6, 6.07) is 15.4. The molecule has 2 aromatic carbocycles. The molecule has 0 heterocycles. The van der Waals surface area contributed by atoms with Crippen molar-refractivity contribution in [1.29, 1.82) is 0 Å². The molecule has 0 amide bonds. The summed E-state index contributed by atoms with van der Waals surface area (Å²) in [7, 11) is 0. The minimum absolute atomic E-state index is 0.438. The van der Waals surface area contributed by atoms with Crippen molar-refractivity contribution >= 4 is 0 Å². The number of likely N-dealkylation sites (N-methyl/N-ethyl adjacent to an activating group) is 1. The quantitative estimate of drug-likeness (QED) is 0.800. The van der Waals surface area contributed by atoms with Gasteiger partial charge in [-0.05, 0) is 37.6 Å². The molecule has 1 atom stereocenters. The van der Waals surface area contributed by atoms with Gasteiger partial charge in [-0.15, -0.1) is 0 Å².